The summed E-state index contributed by atoms with van der Waals surface area (Å²) in [6.45, 7) is 0.371. The highest BCUT2D eigenvalue weighted by molar-refractivity contribution is 5.94. The molecule has 0 aromatic heterocycles. The molecule has 4 bridgehead atoms. The molecule has 5 aromatic carbocycles. The summed E-state index contributed by atoms with van der Waals surface area (Å²) < 4.78 is 27.6. The van der Waals surface area contributed by atoms with E-state index in [1.165, 1.54) is 18.0 Å². The Kier molecular flexibility index (Phi) is 16.4. The third-order valence-corrected chi connectivity index (χ3v) is 10.9. The highest BCUT2D eigenvalue weighted by Crippen LogP contribution is 2.31. The molecule has 334 valence electrons. The summed E-state index contributed by atoms with van der Waals surface area (Å²) in [6, 6.07) is 33.4. The van der Waals surface area contributed by atoms with Crippen molar-refractivity contribution >= 4 is 29.9 Å². The molecule has 0 spiro atoms. The number of likely N-dealkylation sites (N-methyl/N-ethyl adjacent to an activating group) is 1. The zero-order valence-corrected chi connectivity index (χ0v) is 35.6. The second kappa shape index (κ2) is 22.7. The molecule has 5 aromatic rings. The van der Waals surface area contributed by atoms with Gasteiger partial charge >= 0.3 is 12.2 Å². The van der Waals surface area contributed by atoms with E-state index in [2.05, 4.69) is 16.0 Å². The quantitative estimate of drug-likeness (QED) is 0.0864. The van der Waals surface area contributed by atoms with Gasteiger partial charge in [0.15, 0.2) is 0 Å². The average molecular weight is 873 g/mol. The van der Waals surface area contributed by atoms with Gasteiger partial charge in [-0.2, -0.15) is 0 Å². The molecule has 0 radical (unpaired) electrons. The third-order valence-electron chi connectivity index (χ3n) is 10.9. The van der Waals surface area contributed by atoms with Crippen LogP contribution in [-0.2, 0) is 51.7 Å². The normalized spacial score (nSPS) is 16.4. The monoisotopic (exact) mass is 872 g/mol. The van der Waals surface area contributed by atoms with Crippen LogP contribution in [0.15, 0.2) is 127 Å². The van der Waals surface area contributed by atoms with Crippen molar-refractivity contribution in [2.75, 3.05) is 26.7 Å². The fraction of sp³-hybridized carbons (Fsp3) is 0.286. The number of nitrogens with one attached hydrogen (secondary N) is 3. The number of ether oxygens (including phenoxy) is 2. The molecule has 6 rings (SSSR count). The number of hydrogen-bond donors (Lipinski definition) is 5. The average Bonchev–Trinajstić information content (AvgIpc) is 3.31. The predicted molar refractivity (Wildman–Crippen MR) is 238 cm³/mol. The van der Waals surface area contributed by atoms with Crippen molar-refractivity contribution in [3.63, 3.8) is 0 Å². The maximum atomic E-state index is 15.8. The van der Waals surface area contributed by atoms with Crippen molar-refractivity contribution in [2.24, 2.45) is 5.73 Å². The number of alkyl carbamates (subject to hydrolysis) is 1. The zero-order valence-electron chi connectivity index (χ0n) is 35.6. The van der Waals surface area contributed by atoms with E-state index < -0.39 is 53.9 Å². The van der Waals surface area contributed by atoms with Gasteiger partial charge in [0.2, 0.25) is 17.7 Å². The second-order valence-corrected chi connectivity index (χ2v) is 15.5. The van der Waals surface area contributed by atoms with Crippen molar-refractivity contribution in [1.82, 2.24) is 25.8 Å². The number of carbonyl (C=O) groups is 5. The van der Waals surface area contributed by atoms with Crippen molar-refractivity contribution in [3.8, 4) is 16.9 Å². The highest BCUT2D eigenvalue weighted by Gasteiger charge is 2.35. The Labute approximate surface area is 371 Å². The lowest BCUT2D eigenvalue weighted by atomic mass is 9.95. The van der Waals surface area contributed by atoms with E-state index >= 15 is 4.39 Å². The van der Waals surface area contributed by atoms with Gasteiger partial charge in [0, 0.05) is 46.1 Å². The lowest BCUT2D eigenvalue weighted by Gasteiger charge is -2.32. The largest absolute Gasteiger partial charge is 0.489 e. The molecule has 5 amide bonds. The molecule has 3 atom stereocenters. The number of carbonyl (C=O) groups excluding carboxylic acids is 4. The van der Waals surface area contributed by atoms with Crippen LogP contribution in [0.3, 0.4) is 0 Å². The van der Waals surface area contributed by atoms with Crippen molar-refractivity contribution in [2.45, 2.75) is 63.6 Å². The third kappa shape index (κ3) is 12.9. The Morgan fingerprint density at radius 1 is 0.828 bits per heavy atom. The SMILES string of the molecule is CN1C(=O)[C@H](CCCN(Cc2ccccc2)C(=O)O)NC(=O)[C@@H](NC(=O)OCc2ccccc2)Cc2cc(ccc2OCc2ccccc2)-c2ccc(F)c(c2)C[C@H]1C(=O)NCCN. The number of nitrogens with two attached hydrogens (primary N) is 1. The number of halogens is 1. The van der Waals surface area contributed by atoms with Gasteiger partial charge < -0.3 is 46.1 Å². The number of fused-ring (bicyclic) bond motifs is 5. The fourth-order valence-electron chi connectivity index (χ4n) is 7.43. The van der Waals surface area contributed by atoms with E-state index in [-0.39, 0.29) is 70.6 Å². The first kappa shape index (κ1) is 46.2. The van der Waals surface area contributed by atoms with E-state index in [9.17, 15) is 29.1 Å². The minimum Gasteiger partial charge on any atom is -0.489 e. The van der Waals surface area contributed by atoms with E-state index in [0.29, 0.717) is 28.0 Å². The molecule has 1 aliphatic rings. The summed E-state index contributed by atoms with van der Waals surface area (Å²) in [5, 5.41) is 18.3. The fourth-order valence-corrected chi connectivity index (χ4v) is 7.43. The van der Waals surface area contributed by atoms with E-state index in [0.717, 1.165) is 16.0 Å². The molecule has 14 nitrogen and oxygen atoms in total. The number of nitrogens with zero attached hydrogens (tertiary/aromatic N) is 2. The van der Waals surface area contributed by atoms with Gasteiger partial charge in [-0.25, -0.2) is 14.0 Å². The van der Waals surface area contributed by atoms with Crippen LogP contribution in [0.5, 0.6) is 5.75 Å². The highest BCUT2D eigenvalue weighted by atomic mass is 19.1. The zero-order chi connectivity index (χ0) is 45.4. The van der Waals surface area contributed by atoms with Crippen molar-refractivity contribution in [1.29, 1.82) is 0 Å². The van der Waals surface area contributed by atoms with Crippen LogP contribution in [0.4, 0.5) is 14.0 Å². The topological polar surface area (TPSA) is 193 Å². The molecular weight excluding hydrogens is 820 g/mol. The molecule has 6 N–H and O–H groups in total. The van der Waals surface area contributed by atoms with Gasteiger partial charge in [-0.1, -0.05) is 103 Å². The van der Waals surface area contributed by atoms with Crippen molar-refractivity contribution in [3.05, 3.63) is 161 Å². The second-order valence-electron chi connectivity index (χ2n) is 15.5. The van der Waals surface area contributed by atoms with Gasteiger partial charge in [-0.3, -0.25) is 14.4 Å². The van der Waals surface area contributed by atoms with Crippen LogP contribution < -0.4 is 26.4 Å². The maximum Gasteiger partial charge on any atom is 0.408 e. The van der Waals surface area contributed by atoms with Gasteiger partial charge in [0.1, 0.15) is 42.9 Å². The summed E-state index contributed by atoms with van der Waals surface area (Å²) in [5.41, 5.74) is 9.95. The number of rotatable bonds is 15. The number of benzene rings is 5. The Hall–Kier alpha value is -7.26. The van der Waals surface area contributed by atoms with Gasteiger partial charge in [-0.05, 0) is 76.1 Å². The van der Waals surface area contributed by atoms with Crippen molar-refractivity contribution < 1.29 is 42.9 Å². The molecular formula is C49H53FN6O8. The van der Waals surface area contributed by atoms with Crippen LogP contribution >= 0.6 is 0 Å². The van der Waals surface area contributed by atoms with Gasteiger partial charge in [-0.15, -0.1) is 0 Å². The summed E-state index contributed by atoms with van der Waals surface area (Å²) in [4.78, 5) is 71.4. The van der Waals surface area contributed by atoms with Crippen LogP contribution in [0, 0.1) is 5.82 Å². The lowest BCUT2D eigenvalue weighted by Crippen LogP contribution is -2.58. The predicted octanol–water partition coefficient (Wildman–Crippen LogP) is 5.81. The van der Waals surface area contributed by atoms with Gasteiger partial charge in [0.05, 0.1) is 0 Å². The Balaban J connectivity index is 1.39. The Morgan fingerprint density at radius 3 is 2.08 bits per heavy atom. The summed E-state index contributed by atoms with van der Waals surface area (Å²) in [5.74, 6) is -2.23. The summed E-state index contributed by atoms with van der Waals surface area (Å²) >= 11 is 0. The first-order valence-corrected chi connectivity index (χ1v) is 21.1. The molecule has 0 aliphatic carbocycles. The van der Waals surface area contributed by atoms with E-state index in [4.69, 9.17) is 15.2 Å². The number of amides is 5. The summed E-state index contributed by atoms with van der Waals surface area (Å²) in [7, 11) is 1.39. The molecule has 1 aliphatic heterocycles. The Morgan fingerprint density at radius 2 is 1.44 bits per heavy atom. The number of hydrogen-bond acceptors (Lipinski definition) is 8. The van der Waals surface area contributed by atoms with Gasteiger partial charge in [0.25, 0.3) is 0 Å². The molecule has 0 unspecified atom stereocenters. The van der Waals surface area contributed by atoms with Crippen LogP contribution in [-0.4, -0.2) is 89.6 Å². The smallest absolute Gasteiger partial charge is 0.408 e. The maximum absolute atomic E-state index is 15.8. The first-order chi connectivity index (χ1) is 31.0. The molecule has 64 heavy (non-hydrogen) atoms. The molecule has 0 saturated heterocycles. The van der Waals surface area contributed by atoms with E-state index in [1.54, 1.807) is 78.9 Å². The van der Waals surface area contributed by atoms with Crippen LogP contribution in [0.1, 0.15) is 40.7 Å². The van der Waals surface area contributed by atoms with Crippen LogP contribution in [0.2, 0.25) is 0 Å². The minimum atomic E-state index is -1.34. The lowest BCUT2D eigenvalue weighted by molar-refractivity contribution is -0.142. The Bertz CT molecular complexity index is 2370. The first-order valence-electron chi connectivity index (χ1n) is 21.1. The summed E-state index contributed by atoms with van der Waals surface area (Å²) in [6.07, 6.45) is -2.40. The standard InChI is InChI=1S/C49H53FN6O8/c1-55-43(46(58)52-24-23-51)29-38-26-36(19-21-40(38)50)37-20-22-44(63-31-34-14-7-3-8-15-34)39(27-37)28-42(54-48(60)64-32-35-16-9-4-10-17-35)45(57)53-41(47(55)59)18-11-25-56(49(61)62)30-33-12-5-2-6-13-33/h2-10,12-17,19-22,26-27,41-43H,11,18,23-25,28-32,51H2,1H3,(H,52,58)(H,53,57)(H,54,60)(H,61,62)/t41-,42-,43-/m0/s1. The molecule has 15 heteroatoms. The van der Waals surface area contributed by atoms with E-state index in [1.807, 2.05) is 42.5 Å². The minimum absolute atomic E-state index is 0.00555. The van der Waals surface area contributed by atoms with Crippen LogP contribution in [0.25, 0.3) is 11.1 Å². The molecule has 1 heterocycles. The molecule has 0 saturated carbocycles. The number of carboxylic acid groups (broad SMARTS) is 1. The molecule has 0 fully saturated rings.